The fourth-order valence-corrected chi connectivity index (χ4v) is 4.58. The van der Waals surface area contributed by atoms with Crippen LogP contribution in [0.5, 0.6) is 0 Å². The minimum atomic E-state index is 0.0572. The lowest BCUT2D eigenvalue weighted by Gasteiger charge is -2.36. The van der Waals surface area contributed by atoms with E-state index in [-0.39, 0.29) is 11.9 Å². The fourth-order valence-electron chi connectivity index (χ4n) is 3.27. The van der Waals surface area contributed by atoms with Gasteiger partial charge in [0, 0.05) is 36.9 Å². The molecular formula is C19H25N3OS. The van der Waals surface area contributed by atoms with Crippen LogP contribution in [0.25, 0.3) is 0 Å². The van der Waals surface area contributed by atoms with E-state index in [9.17, 15) is 4.79 Å². The second-order valence-electron chi connectivity index (χ2n) is 6.17. The van der Waals surface area contributed by atoms with E-state index in [0.717, 1.165) is 49.3 Å². The summed E-state index contributed by atoms with van der Waals surface area (Å²) >= 11 is 1.68. The topological polar surface area (TPSA) is 45.2 Å². The number of piperazine rings is 1. The molecule has 0 bridgehead atoms. The van der Waals surface area contributed by atoms with Crippen LogP contribution in [-0.4, -0.2) is 35.4 Å². The third kappa shape index (κ3) is 3.52. The number of thiophene rings is 1. The zero-order chi connectivity index (χ0) is 16.9. The summed E-state index contributed by atoms with van der Waals surface area (Å²) in [6, 6.07) is 6.16. The lowest BCUT2D eigenvalue weighted by atomic mass is 10.0. The number of nitrogens with one attached hydrogen (secondary N) is 1. The number of carbonyl (C=O) groups is 1. The maximum Gasteiger partial charge on any atom is 0.264 e. The molecule has 5 heteroatoms. The molecule has 1 amide bonds. The van der Waals surface area contributed by atoms with Gasteiger partial charge in [0.25, 0.3) is 5.91 Å². The highest BCUT2D eigenvalue weighted by Gasteiger charge is 2.30. The van der Waals surface area contributed by atoms with Crippen molar-refractivity contribution in [3.05, 3.63) is 51.5 Å². The van der Waals surface area contributed by atoms with Gasteiger partial charge in [-0.3, -0.25) is 9.78 Å². The van der Waals surface area contributed by atoms with Crippen LogP contribution in [-0.2, 0) is 12.8 Å². The molecule has 1 atom stereocenters. The standard InChI is InChI=1S/C19H25N3OS/c1-3-6-17-14(4-2)11-18(24-17)19(23)22-10-9-21-13-16(22)15-7-5-8-20-12-15/h5,7-8,11-12,16,21H,3-4,6,9-10,13H2,1-2H3. The molecule has 0 aliphatic carbocycles. The van der Waals surface area contributed by atoms with Gasteiger partial charge in [0.05, 0.1) is 10.9 Å². The molecule has 2 aromatic rings. The summed E-state index contributed by atoms with van der Waals surface area (Å²) in [6.07, 6.45) is 6.82. The van der Waals surface area contributed by atoms with Crippen LogP contribution < -0.4 is 5.32 Å². The Hall–Kier alpha value is -1.72. The molecule has 3 rings (SSSR count). The molecule has 0 aromatic carbocycles. The van der Waals surface area contributed by atoms with Crippen LogP contribution in [0.15, 0.2) is 30.6 Å². The summed E-state index contributed by atoms with van der Waals surface area (Å²) in [4.78, 5) is 21.6. The molecule has 3 heterocycles. The Morgan fingerprint density at radius 2 is 2.33 bits per heavy atom. The van der Waals surface area contributed by atoms with Gasteiger partial charge in [-0.25, -0.2) is 0 Å². The van der Waals surface area contributed by atoms with Crippen LogP contribution in [0.1, 0.15) is 52.0 Å². The molecule has 128 valence electrons. The number of carbonyl (C=O) groups excluding carboxylic acids is 1. The average Bonchev–Trinajstić information content (AvgIpc) is 3.05. The zero-order valence-electron chi connectivity index (χ0n) is 14.4. The molecule has 0 saturated carbocycles. The van der Waals surface area contributed by atoms with E-state index in [4.69, 9.17) is 0 Å². The fraction of sp³-hybridized carbons (Fsp3) is 0.474. The summed E-state index contributed by atoms with van der Waals surface area (Å²) in [7, 11) is 0. The number of pyridine rings is 1. The van der Waals surface area contributed by atoms with Gasteiger partial charge in [-0.1, -0.05) is 26.3 Å². The minimum Gasteiger partial charge on any atom is -0.328 e. The van der Waals surface area contributed by atoms with Crippen molar-refractivity contribution in [2.24, 2.45) is 0 Å². The van der Waals surface area contributed by atoms with Gasteiger partial charge in [0.1, 0.15) is 0 Å². The average molecular weight is 343 g/mol. The predicted octanol–water partition coefficient (Wildman–Crippen LogP) is 3.44. The molecule has 2 aromatic heterocycles. The Kier molecular flexibility index (Phi) is 5.63. The highest BCUT2D eigenvalue weighted by atomic mass is 32.1. The molecule has 0 spiro atoms. The van der Waals surface area contributed by atoms with E-state index in [1.165, 1.54) is 10.4 Å². The molecular weight excluding hydrogens is 318 g/mol. The number of hydrogen-bond acceptors (Lipinski definition) is 4. The quantitative estimate of drug-likeness (QED) is 0.904. The van der Waals surface area contributed by atoms with Crippen molar-refractivity contribution in [2.45, 2.75) is 39.2 Å². The number of nitrogens with zero attached hydrogens (tertiary/aromatic N) is 2. The number of aryl methyl sites for hydroxylation is 2. The number of hydrogen-bond donors (Lipinski definition) is 1. The molecule has 1 saturated heterocycles. The molecule has 24 heavy (non-hydrogen) atoms. The maximum atomic E-state index is 13.2. The van der Waals surface area contributed by atoms with Crippen LogP contribution in [0.4, 0.5) is 0 Å². The van der Waals surface area contributed by atoms with Gasteiger partial charge in [-0.15, -0.1) is 11.3 Å². The Bertz CT molecular complexity index is 683. The van der Waals surface area contributed by atoms with E-state index in [1.807, 2.05) is 17.2 Å². The number of rotatable bonds is 5. The zero-order valence-corrected chi connectivity index (χ0v) is 15.2. The van der Waals surface area contributed by atoms with Crippen molar-refractivity contribution in [3.8, 4) is 0 Å². The smallest absolute Gasteiger partial charge is 0.264 e. The normalized spacial score (nSPS) is 17.9. The van der Waals surface area contributed by atoms with Crippen LogP contribution in [0.3, 0.4) is 0 Å². The molecule has 1 aliphatic rings. The van der Waals surface area contributed by atoms with Crippen molar-refractivity contribution in [3.63, 3.8) is 0 Å². The first-order valence-corrected chi connectivity index (χ1v) is 9.59. The van der Waals surface area contributed by atoms with Crippen LogP contribution >= 0.6 is 11.3 Å². The molecule has 1 fully saturated rings. The first-order valence-electron chi connectivity index (χ1n) is 8.77. The van der Waals surface area contributed by atoms with E-state index in [0.29, 0.717) is 0 Å². The first-order chi connectivity index (χ1) is 11.7. The predicted molar refractivity (Wildman–Crippen MR) is 98.6 cm³/mol. The van der Waals surface area contributed by atoms with Crippen molar-refractivity contribution >= 4 is 17.2 Å². The number of aromatic nitrogens is 1. The van der Waals surface area contributed by atoms with Crippen molar-refractivity contribution < 1.29 is 4.79 Å². The third-order valence-electron chi connectivity index (χ3n) is 4.54. The summed E-state index contributed by atoms with van der Waals surface area (Å²) in [5.41, 5.74) is 2.43. The third-order valence-corrected chi connectivity index (χ3v) is 5.76. The van der Waals surface area contributed by atoms with Gasteiger partial charge in [-0.2, -0.15) is 0 Å². The second-order valence-corrected chi connectivity index (χ2v) is 7.30. The number of amides is 1. The van der Waals surface area contributed by atoms with Crippen LogP contribution in [0.2, 0.25) is 0 Å². The summed E-state index contributed by atoms with van der Waals surface area (Å²) < 4.78 is 0. The highest BCUT2D eigenvalue weighted by Crippen LogP contribution is 2.29. The van der Waals surface area contributed by atoms with Crippen molar-refractivity contribution in [2.75, 3.05) is 19.6 Å². The molecule has 1 unspecified atom stereocenters. The lowest BCUT2D eigenvalue weighted by molar-refractivity contribution is 0.0639. The Morgan fingerprint density at radius 3 is 3.04 bits per heavy atom. The van der Waals surface area contributed by atoms with Gasteiger partial charge >= 0.3 is 0 Å². The molecule has 1 N–H and O–H groups in total. The van der Waals surface area contributed by atoms with E-state index >= 15 is 0 Å². The molecule has 4 nitrogen and oxygen atoms in total. The summed E-state index contributed by atoms with van der Waals surface area (Å²) in [5.74, 6) is 0.160. The van der Waals surface area contributed by atoms with Crippen molar-refractivity contribution in [1.29, 1.82) is 0 Å². The lowest BCUT2D eigenvalue weighted by Crippen LogP contribution is -2.48. The van der Waals surface area contributed by atoms with E-state index in [2.05, 4.69) is 36.3 Å². The van der Waals surface area contributed by atoms with Gasteiger partial charge < -0.3 is 10.2 Å². The van der Waals surface area contributed by atoms with Gasteiger partial charge in [-0.05, 0) is 36.1 Å². The summed E-state index contributed by atoms with van der Waals surface area (Å²) in [6.45, 7) is 6.72. The minimum absolute atomic E-state index is 0.0572. The monoisotopic (exact) mass is 343 g/mol. The first kappa shape index (κ1) is 17.1. The van der Waals surface area contributed by atoms with Crippen LogP contribution in [0, 0.1) is 0 Å². The molecule has 1 aliphatic heterocycles. The highest BCUT2D eigenvalue weighted by molar-refractivity contribution is 7.14. The summed E-state index contributed by atoms with van der Waals surface area (Å²) in [5, 5.41) is 3.40. The van der Waals surface area contributed by atoms with Gasteiger partial charge in [0.15, 0.2) is 0 Å². The SMILES string of the molecule is CCCc1sc(C(=O)N2CCNCC2c2cccnc2)cc1CC. The van der Waals surface area contributed by atoms with E-state index in [1.54, 1.807) is 17.5 Å². The van der Waals surface area contributed by atoms with Gasteiger partial charge in [0.2, 0.25) is 0 Å². The maximum absolute atomic E-state index is 13.2. The second kappa shape index (κ2) is 7.90. The Labute approximate surface area is 147 Å². The van der Waals surface area contributed by atoms with Crippen molar-refractivity contribution in [1.82, 2.24) is 15.2 Å². The molecule has 0 radical (unpaired) electrons. The Morgan fingerprint density at radius 1 is 1.46 bits per heavy atom. The van der Waals surface area contributed by atoms with E-state index < -0.39 is 0 Å². The largest absolute Gasteiger partial charge is 0.328 e. The Balaban J connectivity index is 1.87.